The van der Waals surface area contributed by atoms with Crippen LogP contribution < -0.4 is 5.32 Å². The van der Waals surface area contributed by atoms with E-state index in [2.05, 4.69) is 21.2 Å². The van der Waals surface area contributed by atoms with Crippen molar-refractivity contribution in [3.63, 3.8) is 0 Å². The first-order valence-electron chi connectivity index (χ1n) is 7.10. The predicted molar refractivity (Wildman–Crippen MR) is 94.2 cm³/mol. The molecule has 0 bridgehead atoms. The van der Waals surface area contributed by atoms with Crippen LogP contribution >= 0.6 is 15.9 Å². The van der Waals surface area contributed by atoms with Gasteiger partial charge in [-0.15, -0.1) is 0 Å². The molecule has 2 rings (SSSR count). The number of esters is 1. The number of hydrogen-bond donors (Lipinski definition) is 1. The molecule has 1 N–H and O–H groups in total. The molecule has 1 amide bonds. The fourth-order valence-electron chi connectivity index (χ4n) is 1.87. The molecule has 0 fully saturated rings. The minimum Gasteiger partial charge on any atom is -0.462 e. The second-order valence-corrected chi connectivity index (χ2v) is 5.59. The molecular weight excluding hydrogens is 358 g/mol. The van der Waals surface area contributed by atoms with Crippen molar-refractivity contribution >= 4 is 39.6 Å². The van der Waals surface area contributed by atoms with Crippen molar-refractivity contribution in [2.75, 3.05) is 11.9 Å². The zero-order valence-electron chi connectivity index (χ0n) is 12.6. The highest BCUT2D eigenvalue weighted by molar-refractivity contribution is 9.10. The van der Waals surface area contributed by atoms with Gasteiger partial charge >= 0.3 is 5.97 Å². The molecule has 0 heterocycles. The van der Waals surface area contributed by atoms with E-state index in [1.165, 1.54) is 6.08 Å². The summed E-state index contributed by atoms with van der Waals surface area (Å²) in [7, 11) is 0. The van der Waals surface area contributed by atoms with Crippen molar-refractivity contribution in [1.29, 1.82) is 0 Å². The zero-order chi connectivity index (χ0) is 16.7. The van der Waals surface area contributed by atoms with Crippen molar-refractivity contribution in [2.24, 2.45) is 0 Å². The number of halogens is 1. The van der Waals surface area contributed by atoms with Crippen molar-refractivity contribution in [2.45, 2.75) is 6.92 Å². The standard InChI is InChI=1S/C18H16BrNO3/c1-2-23-18(22)14-7-9-16(10-8-14)20-17(21)11-6-13-4-3-5-15(19)12-13/h3-12H,2H2,1H3,(H,20,21)/b11-6+. The van der Waals surface area contributed by atoms with Gasteiger partial charge in [0.2, 0.25) is 5.91 Å². The van der Waals surface area contributed by atoms with Gasteiger partial charge < -0.3 is 10.1 Å². The quantitative estimate of drug-likeness (QED) is 0.628. The smallest absolute Gasteiger partial charge is 0.338 e. The van der Waals surface area contributed by atoms with Crippen LogP contribution in [0.25, 0.3) is 6.08 Å². The highest BCUT2D eigenvalue weighted by atomic mass is 79.9. The lowest BCUT2D eigenvalue weighted by atomic mass is 10.2. The van der Waals surface area contributed by atoms with Crippen LogP contribution in [0.4, 0.5) is 5.69 Å². The fourth-order valence-corrected chi connectivity index (χ4v) is 2.29. The molecule has 0 atom stereocenters. The van der Waals surface area contributed by atoms with Crippen LogP contribution in [0.3, 0.4) is 0 Å². The number of nitrogens with one attached hydrogen (secondary N) is 1. The van der Waals surface area contributed by atoms with Crippen LogP contribution in [-0.2, 0) is 9.53 Å². The van der Waals surface area contributed by atoms with Gasteiger partial charge in [0.1, 0.15) is 0 Å². The first-order valence-corrected chi connectivity index (χ1v) is 7.89. The minimum atomic E-state index is -0.375. The second-order valence-electron chi connectivity index (χ2n) is 4.68. The number of anilines is 1. The SMILES string of the molecule is CCOC(=O)c1ccc(NC(=O)/C=C/c2cccc(Br)c2)cc1. The minimum absolute atomic E-state index is 0.242. The number of carbonyl (C=O) groups excluding carboxylic acids is 2. The van der Waals surface area contributed by atoms with Crippen molar-refractivity contribution in [3.05, 3.63) is 70.2 Å². The maximum Gasteiger partial charge on any atom is 0.338 e. The molecule has 118 valence electrons. The molecule has 0 spiro atoms. The summed E-state index contributed by atoms with van der Waals surface area (Å²) in [5.74, 6) is -0.617. The Morgan fingerprint density at radius 1 is 1.17 bits per heavy atom. The van der Waals surface area contributed by atoms with Gasteiger partial charge in [0.25, 0.3) is 0 Å². The summed E-state index contributed by atoms with van der Waals surface area (Å²) < 4.78 is 5.86. The lowest BCUT2D eigenvalue weighted by Gasteiger charge is -2.04. The Morgan fingerprint density at radius 2 is 1.91 bits per heavy atom. The van der Waals surface area contributed by atoms with Crippen molar-refractivity contribution in [3.8, 4) is 0 Å². The summed E-state index contributed by atoms with van der Waals surface area (Å²) in [5.41, 5.74) is 1.99. The first kappa shape index (κ1) is 17.0. The molecule has 2 aromatic rings. The number of benzene rings is 2. The maximum absolute atomic E-state index is 11.9. The Bertz CT molecular complexity index is 723. The summed E-state index contributed by atoms with van der Waals surface area (Å²) in [6.07, 6.45) is 3.19. The Hall–Kier alpha value is -2.40. The molecule has 5 heteroatoms. The van der Waals surface area contributed by atoms with E-state index < -0.39 is 0 Å². The number of hydrogen-bond acceptors (Lipinski definition) is 3. The molecule has 0 aliphatic carbocycles. The Labute approximate surface area is 143 Å². The normalized spacial score (nSPS) is 10.5. The van der Waals surface area contributed by atoms with E-state index in [4.69, 9.17) is 4.74 Å². The number of rotatable bonds is 5. The lowest BCUT2D eigenvalue weighted by molar-refractivity contribution is -0.111. The van der Waals surface area contributed by atoms with Gasteiger partial charge in [-0.2, -0.15) is 0 Å². The van der Waals surface area contributed by atoms with Crippen LogP contribution in [0, 0.1) is 0 Å². The Balaban J connectivity index is 1.96. The van der Waals surface area contributed by atoms with E-state index >= 15 is 0 Å². The fraction of sp³-hybridized carbons (Fsp3) is 0.111. The predicted octanol–water partition coefficient (Wildman–Crippen LogP) is 4.28. The van der Waals surface area contributed by atoms with Gasteiger partial charge in [0, 0.05) is 16.2 Å². The van der Waals surface area contributed by atoms with Crippen LogP contribution in [0.5, 0.6) is 0 Å². The van der Waals surface area contributed by atoms with E-state index in [1.54, 1.807) is 37.3 Å². The Kier molecular flexibility index (Phi) is 6.11. The van der Waals surface area contributed by atoms with Gasteiger partial charge in [-0.3, -0.25) is 4.79 Å². The molecule has 0 aliphatic rings. The van der Waals surface area contributed by atoms with Crippen LogP contribution in [-0.4, -0.2) is 18.5 Å². The highest BCUT2D eigenvalue weighted by Gasteiger charge is 2.06. The third-order valence-electron chi connectivity index (χ3n) is 2.94. The molecule has 23 heavy (non-hydrogen) atoms. The molecule has 2 aromatic carbocycles. The monoisotopic (exact) mass is 373 g/mol. The van der Waals surface area contributed by atoms with Crippen molar-refractivity contribution in [1.82, 2.24) is 0 Å². The molecule has 0 aliphatic heterocycles. The number of ether oxygens (including phenoxy) is 1. The van der Waals surface area contributed by atoms with Gasteiger partial charge in [-0.1, -0.05) is 28.1 Å². The molecule has 4 nitrogen and oxygen atoms in total. The average Bonchev–Trinajstić information content (AvgIpc) is 2.54. The third kappa shape index (κ3) is 5.38. The highest BCUT2D eigenvalue weighted by Crippen LogP contribution is 2.13. The van der Waals surface area contributed by atoms with Crippen LogP contribution in [0.2, 0.25) is 0 Å². The zero-order valence-corrected chi connectivity index (χ0v) is 14.2. The Morgan fingerprint density at radius 3 is 2.57 bits per heavy atom. The van der Waals surface area contributed by atoms with Gasteiger partial charge in [0.15, 0.2) is 0 Å². The summed E-state index contributed by atoms with van der Waals surface area (Å²) in [6.45, 7) is 2.09. The lowest BCUT2D eigenvalue weighted by Crippen LogP contribution is -2.08. The summed E-state index contributed by atoms with van der Waals surface area (Å²) >= 11 is 3.38. The molecular formula is C18H16BrNO3. The van der Waals surface area contributed by atoms with Crippen LogP contribution in [0.1, 0.15) is 22.8 Å². The average molecular weight is 374 g/mol. The number of carbonyl (C=O) groups is 2. The maximum atomic E-state index is 11.9. The largest absolute Gasteiger partial charge is 0.462 e. The summed E-state index contributed by atoms with van der Waals surface area (Å²) in [6, 6.07) is 14.2. The van der Waals surface area contributed by atoms with Crippen LogP contribution in [0.15, 0.2) is 59.1 Å². The molecule has 0 aromatic heterocycles. The molecule has 0 saturated heterocycles. The number of amides is 1. The topological polar surface area (TPSA) is 55.4 Å². The first-order chi connectivity index (χ1) is 11.1. The van der Waals surface area contributed by atoms with E-state index in [9.17, 15) is 9.59 Å². The van der Waals surface area contributed by atoms with Crippen molar-refractivity contribution < 1.29 is 14.3 Å². The van der Waals surface area contributed by atoms with Gasteiger partial charge in [0.05, 0.1) is 12.2 Å². The third-order valence-corrected chi connectivity index (χ3v) is 3.43. The van der Waals surface area contributed by atoms with E-state index in [1.807, 2.05) is 24.3 Å². The van der Waals surface area contributed by atoms with E-state index in [0.29, 0.717) is 17.9 Å². The van der Waals surface area contributed by atoms with Gasteiger partial charge in [-0.05, 0) is 55.0 Å². The van der Waals surface area contributed by atoms with E-state index in [0.717, 1.165) is 10.0 Å². The molecule has 0 saturated carbocycles. The molecule has 0 unspecified atom stereocenters. The second kappa shape index (κ2) is 8.29. The summed E-state index contributed by atoms with van der Waals surface area (Å²) in [5, 5.41) is 2.74. The molecule has 0 radical (unpaired) electrons. The van der Waals surface area contributed by atoms with E-state index in [-0.39, 0.29) is 11.9 Å². The van der Waals surface area contributed by atoms with Gasteiger partial charge in [-0.25, -0.2) is 4.79 Å². The summed E-state index contributed by atoms with van der Waals surface area (Å²) in [4.78, 5) is 23.4.